The lowest BCUT2D eigenvalue weighted by atomic mass is 9.95. The maximum absolute atomic E-state index is 10.8. The highest BCUT2D eigenvalue weighted by atomic mass is 16.3. The molecule has 0 heterocycles. The predicted molar refractivity (Wildman–Crippen MR) is 43.2 cm³/mol. The Morgan fingerprint density at radius 2 is 2.36 bits per heavy atom. The van der Waals surface area contributed by atoms with Gasteiger partial charge in [-0.15, -0.1) is 0 Å². The van der Waals surface area contributed by atoms with Gasteiger partial charge in [-0.25, -0.2) is 0 Å². The van der Waals surface area contributed by atoms with Gasteiger partial charge in [0, 0.05) is 12.8 Å². The Morgan fingerprint density at radius 1 is 1.64 bits per heavy atom. The molecule has 1 N–H and O–H groups in total. The molecule has 0 spiro atoms. The van der Waals surface area contributed by atoms with E-state index in [4.69, 9.17) is 5.11 Å². The number of carbonyl (C=O) groups is 1. The van der Waals surface area contributed by atoms with Crippen molar-refractivity contribution in [1.82, 2.24) is 0 Å². The fourth-order valence-corrected chi connectivity index (χ4v) is 1.33. The van der Waals surface area contributed by atoms with Crippen LogP contribution in [0.3, 0.4) is 0 Å². The topological polar surface area (TPSA) is 37.3 Å². The van der Waals surface area contributed by atoms with Crippen molar-refractivity contribution in [2.75, 3.05) is 0 Å². The van der Waals surface area contributed by atoms with Crippen molar-refractivity contribution < 1.29 is 9.90 Å². The highest BCUT2D eigenvalue weighted by Gasteiger charge is 2.11. The summed E-state index contributed by atoms with van der Waals surface area (Å²) in [5, 5.41) is 9.04. The van der Waals surface area contributed by atoms with Crippen LogP contribution in [0.15, 0.2) is 11.6 Å². The normalized spacial score (nSPS) is 21.3. The van der Waals surface area contributed by atoms with Gasteiger partial charge in [-0.05, 0) is 19.8 Å². The van der Waals surface area contributed by atoms with Gasteiger partial charge in [0.15, 0.2) is 0 Å². The van der Waals surface area contributed by atoms with Gasteiger partial charge in [-0.1, -0.05) is 11.6 Å². The maximum Gasteiger partial charge on any atom is 0.136 e. The molecule has 1 aliphatic carbocycles. The van der Waals surface area contributed by atoms with E-state index in [2.05, 4.69) is 0 Å². The monoisotopic (exact) mass is 154 g/mol. The van der Waals surface area contributed by atoms with Crippen molar-refractivity contribution in [2.24, 2.45) is 0 Å². The lowest BCUT2D eigenvalue weighted by Gasteiger charge is -2.12. The van der Waals surface area contributed by atoms with Gasteiger partial charge in [0.25, 0.3) is 0 Å². The summed E-state index contributed by atoms with van der Waals surface area (Å²) in [4.78, 5) is 10.8. The SMILES string of the molecule is CC(O)CC1=CCC(=O)CC1. The quantitative estimate of drug-likeness (QED) is 0.611. The third-order valence-electron chi connectivity index (χ3n) is 1.90. The van der Waals surface area contributed by atoms with Gasteiger partial charge in [0.2, 0.25) is 0 Å². The molecule has 11 heavy (non-hydrogen) atoms. The smallest absolute Gasteiger partial charge is 0.136 e. The first-order valence-electron chi connectivity index (χ1n) is 4.06. The maximum atomic E-state index is 10.8. The van der Waals surface area contributed by atoms with E-state index in [9.17, 15) is 4.79 Å². The second-order valence-electron chi connectivity index (χ2n) is 3.16. The number of ketones is 1. The number of Topliss-reactive ketones (excluding diaryl/α,β-unsaturated/α-hetero) is 1. The van der Waals surface area contributed by atoms with Crippen molar-refractivity contribution in [3.05, 3.63) is 11.6 Å². The van der Waals surface area contributed by atoms with Crippen LogP contribution in [0.4, 0.5) is 0 Å². The summed E-state index contributed by atoms with van der Waals surface area (Å²) in [7, 11) is 0. The number of aliphatic hydroxyl groups excluding tert-OH is 1. The summed E-state index contributed by atoms with van der Waals surface area (Å²) in [5.41, 5.74) is 1.24. The second-order valence-corrected chi connectivity index (χ2v) is 3.16. The summed E-state index contributed by atoms with van der Waals surface area (Å²) in [6.07, 6.45) is 4.50. The van der Waals surface area contributed by atoms with Crippen LogP contribution >= 0.6 is 0 Å². The summed E-state index contributed by atoms with van der Waals surface area (Å²) < 4.78 is 0. The molecule has 0 amide bonds. The zero-order chi connectivity index (χ0) is 8.27. The van der Waals surface area contributed by atoms with Crippen LogP contribution in [0, 0.1) is 0 Å². The first-order valence-corrected chi connectivity index (χ1v) is 4.06. The number of aliphatic hydroxyl groups is 1. The van der Waals surface area contributed by atoms with Gasteiger partial charge >= 0.3 is 0 Å². The summed E-state index contributed by atoms with van der Waals surface area (Å²) in [6.45, 7) is 1.78. The molecule has 0 aliphatic heterocycles. The molecule has 0 aromatic heterocycles. The minimum atomic E-state index is -0.269. The number of allylic oxidation sites excluding steroid dienone is 1. The molecule has 0 radical (unpaired) electrons. The van der Waals surface area contributed by atoms with Gasteiger partial charge in [0.05, 0.1) is 6.10 Å². The molecule has 0 aromatic rings. The lowest BCUT2D eigenvalue weighted by Crippen LogP contribution is -2.08. The molecule has 0 saturated heterocycles. The van der Waals surface area contributed by atoms with Gasteiger partial charge in [-0.3, -0.25) is 4.79 Å². The van der Waals surface area contributed by atoms with Crippen LogP contribution in [-0.4, -0.2) is 17.0 Å². The molecule has 2 heteroatoms. The number of carbonyl (C=O) groups excluding carboxylic acids is 1. The zero-order valence-electron chi connectivity index (χ0n) is 6.84. The third kappa shape index (κ3) is 2.85. The first kappa shape index (κ1) is 8.47. The Kier molecular flexibility index (Phi) is 2.83. The molecule has 62 valence electrons. The second kappa shape index (κ2) is 3.67. The average Bonchev–Trinajstić information content (AvgIpc) is 1.93. The van der Waals surface area contributed by atoms with Gasteiger partial charge in [0.1, 0.15) is 5.78 Å². The van der Waals surface area contributed by atoms with Crippen LogP contribution in [0.1, 0.15) is 32.6 Å². The van der Waals surface area contributed by atoms with Crippen molar-refractivity contribution in [3.63, 3.8) is 0 Å². The van der Waals surface area contributed by atoms with Crippen molar-refractivity contribution in [2.45, 2.75) is 38.7 Å². The molecular formula is C9H14O2. The number of hydrogen-bond acceptors (Lipinski definition) is 2. The van der Waals surface area contributed by atoms with E-state index in [0.717, 1.165) is 12.8 Å². The fraction of sp³-hybridized carbons (Fsp3) is 0.667. The molecule has 0 fully saturated rings. The predicted octanol–water partition coefficient (Wildman–Crippen LogP) is 1.44. The van der Waals surface area contributed by atoms with Crippen molar-refractivity contribution in [3.8, 4) is 0 Å². The lowest BCUT2D eigenvalue weighted by molar-refractivity contribution is -0.118. The van der Waals surface area contributed by atoms with Gasteiger partial charge < -0.3 is 5.11 Å². The Balaban J connectivity index is 2.41. The van der Waals surface area contributed by atoms with Crippen LogP contribution in [0.25, 0.3) is 0 Å². The summed E-state index contributed by atoms with van der Waals surface area (Å²) >= 11 is 0. The van der Waals surface area contributed by atoms with E-state index in [-0.39, 0.29) is 6.10 Å². The standard InChI is InChI=1S/C9H14O2/c1-7(10)6-8-2-4-9(11)5-3-8/h2,7,10H,3-6H2,1H3. The molecule has 0 saturated carbocycles. The first-order chi connectivity index (χ1) is 5.18. The molecule has 1 aliphatic rings. The Hall–Kier alpha value is -0.630. The molecule has 2 nitrogen and oxygen atoms in total. The molecule has 0 bridgehead atoms. The Bertz CT molecular complexity index is 180. The molecule has 1 atom stereocenters. The van der Waals surface area contributed by atoms with Crippen molar-refractivity contribution >= 4 is 5.78 Å². The van der Waals surface area contributed by atoms with Crippen LogP contribution in [0.5, 0.6) is 0 Å². The minimum Gasteiger partial charge on any atom is -0.393 e. The number of hydrogen-bond donors (Lipinski definition) is 1. The minimum absolute atomic E-state index is 0.269. The number of rotatable bonds is 2. The molecular weight excluding hydrogens is 140 g/mol. The van der Waals surface area contributed by atoms with Gasteiger partial charge in [-0.2, -0.15) is 0 Å². The average molecular weight is 154 g/mol. The summed E-state index contributed by atoms with van der Waals surface area (Å²) in [6, 6.07) is 0. The summed E-state index contributed by atoms with van der Waals surface area (Å²) in [5.74, 6) is 0.319. The molecule has 0 aromatic carbocycles. The van der Waals surface area contributed by atoms with E-state index in [1.807, 2.05) is 6.08 Å². The molecule has 1 unspecified atom stereocenters. The Morgan fingerprint density at radius 3 is 2.82 bits per heavy atom. The van der Waals surface area contributed by atoms with Crippen molar-refractivity contribution in [1.29, 1.82) is 0 Å². The highest BCUT2D eigenvalue weighted by Crippen LogP contribution is 2.18. The van der Waals surface area contributed by atoms with E-state index in [1.165, 1.54) is 5.57 Å². The van der Waals surface area contributed by atoms with E-state index >= 15 is 0 Å². The van der Waals surface area contributed by atoms with Crippen LogP contribution in [-0.2, 0) is 4.79 Å². The van der Waals surface area contributed by atoms with E-state index < -0.39 is 0 Å². The van der Waals surface area contributed by atoms with Crippen LogP contribution < -0.4 is 0 Å². The molecule has 1 rings (SSSR count). The van der Waals surface area contributed by atoms with E-state index in [0.29, 0.717) is 18.6 Å². The highest BCUT2D eigenvalue weighted by molar-refractivity contribution is 5.81. The largest absolute Gasteiger partial charge is 0.393 e. The Labute approximate surface area is 66.9 Å². The fourth-order valence-electron chi connectivity index (χ4n) is 1.33. The van der Waals surface area contributed by atoms with E-state index in [1.54, 1.807) is 6.92 Å². The zero-order valence-corrected chi connectivity index (χ0v) is 6.84. The third-order valence-corrected chi connectivity index (χ3v) is 1.90. The van der Waals surface area contributed by atoms with Crippen LogP contribution in [0.2, 0.25) is 0 Å².